The maximum atomic E-state index is 13.3. The number of benzene rings is 3. The van der Waals surface area contributed by atoms with Gasteiger partial charge in [-0.2, -0.15) is 0 Å². The molecule has 3 aromatic carbocycles. The van der Waals surface area contributed by atoms with Crippen molar-refractivity contribution in [1.29, 1.82) is 0 Å². The number of fused-ring (bicyclic) bond motifs is 1. The largest absolute Gasteiger partial charge is 0.452 e. The Bertz CT molecular complexity index is 1340. The lowest BCUT2D eigenvalue weighted by atomic mass is 9.73. The number of carbonyl (C=O) groups is 4. The molecule has 1 aliphatic carbocycles. The maximum absolute atomic E-state index is 13.3. The maximum Gasteiger partial charge on any atom is 0.338 e. The van der Waals surface area contributed by atoms with E-state index in [1.54, 1.807) is 36.4 Å². The Kier molecular flexibility index (Phi) is 7.06. The number of nitrogens with one attached hydrogen (secondary N) is 1. The van der Waals surface area contributed by atoms with Crippen molar-refractivity contribution in [1.82, 2.24) is 0 Å². The van der Waals surface area contributed by atoms with E-state index >= 15 is 0 Å². The van der Waals surface area contributed by atoms with Gasteiger partial charge in [-0.15, -0.1) is 0 Å². The highest BCUT2D eigenvalue weighted by molar-refractivity contribution is 6.33. The van der Waals surface area contributed by atoms with Gasteiger partial charge in [0.05, 0.1) is 33.8 Å². The molecule has 7 nitrogen and oxygen atoms in total. The smallest absolute Gasteiger partial charge is 0.338 e. The number of anilines is 2. The normalized spacial score (nSPS) is 20.9. The highest BCUT2D eigenvalue weighted by Crippen LogP contribution is 2.45. The van der Waals surface area contributed by atoms with E-state index in [1.165, 1.54) is 22.6 Å². The molecular formula is C29H25ClN2O5. The van der Waals surface area contributed by atoms with Gasteiger partial charge in [-0.05, 0) is 67.1 Å². The summed E-state index contributed by atoms with van der Waals surface area (Å²) in [4.78, 5) is 52.2. The molecule has 2 aliphatic rings. The van der Waals surface area contributed by atoms with Crippen LogP contribution in [0.3, 0.4) is 0 Å². The Labute approximate surface area is 219 Å². The Morgan fingerprint density at radius 1 is 0.865 bits per heavy atom. The minimum absolute atomic E-state index is 0.187. The van der Waals surface area contributed by atoms with Crippen LogP contribution < -0.4 is 10.2 Å². The number of imide groups is 1. The van der Waals surface area contributed by atoms with Crippen LogP contribution in [-0.2, 0) is 19.1 Å². The lowest BCUT2D eigenvalue weighted by Gasteiger charge is -2.28. The molecule has 5 rings (SSSR count). The Hall–Kier alpha value is -3.97. The Balaban J connectivity index is 1.20. The van der Waals surface area contributed by atoms with E-state index in [2.05, 4.69) is 17.4 Å². The molecule has 0 aromatic heterocycles. The number of hydrogen-bond donors (Lipinski definition) is 1. The molecule has 3 amide bonds. The van der Waals surface area contributed by atoms with Crippen molar-refractivity contribution in [2.24, 2.45) is 11.8 Å². The van der Waals surface area contributed by atoms with Crippen molar-refractivity contribution in [2.75, 3.05) is 16.8 Å². The SMILES string of the molecule is O=C(COC(=O)c1ccc(N2C(=O)[C@@H]3CC[C@@H](c4ccccc4)C[C@H]3C2=O)cc1)Nc1ccccc1Cl. The number of para-hydroxylation sites is 1. The van der Waals surface area contributed by atoms with Gasteiger partial charge >= 0.3 is 5.97 Å². The van der Waals surface area contributed by atoms with Crippen molar-refractivity contribution in [3.8, 4) is 0 Å². The average molecular weight is 517 g/mol. The van der Waals surface area contributed by atoms with Crippen LogP contribution in [-0.4, -0.2) is 30.3 Å². The van der Waals surface area contributed by atoms with Gasteiger partial charge in [0, 0.05) is 0 Å². The van der Waals surface area contributed by atoms with Crippen molar-refractivity contribution in [3.63, 3.8) is 0 Å². The zero-order valence-corrected chi connectivity index (χ0v) is 20.7. The second-order valence-corrected chi connectivity index (χ2v) is 9.70. The molecule has 0 radical (unpaired) electrons. The van der Waals surface area contributed by atoms with Gasteiger partial charge < -0.3 is 10.1 Å². The van der Waals surface area contributed by atoms with E-state index in [9.17, 15) is 19.2 Å². The van der Waals surface area contributed by atoms with Gasteiger partial charge in [-0.1, -0.05) is 54.1 Å². The second kappa shape index (κ2) is 10.6. The van der Waals surface area contributed by atoms with Gasteiger partial charge in [-0.3, -0.25) is 19.3 Å². The van der Waals surface area contributed by atoms with Crippen molar-refractivity contribution in [3.05, 3.63) is 95.0 Å². The number of amides is 3. The molecule has 0 bridgehead atoms. The predicted octanol–water partition coefficient (Wildman–Crippen LogP) is 5.21. The lowest BCUT2D eigenvalue weighted by Crippen LogP contribution is -2.30. The predicted molar refractivity (Wildman–Crippen MR) is 139 cm³/mol. The van der Waals surface area contributed by atoms with E-state index < -0.39 is 18.5 Å². The Morgan fingerprint density at radius 2 is 1.54 bits per heavy atom. The van der Waals surface area contributed by atoms with Crippen LogP contribution >= 0.6 is 11.6 Å². The summed E-state index contributed by atoms with van der Waals surface area (Å²) in [6, 6.07) is 22.9. The zero-order chi connectivity index (χ0) is 25.9. The first kappa shape index (κ1) is 24.7. The van der Waals surface area contributed by atoms with Gasteiger partial charge in [0.25, 0.3) is 5.91 Å². The van der Waals surface area contributed by atoms with Crippen molar-refractivity contribution < 1.29 is 23.9 Å². The van der Waals surface area contributed by atoms with Gasteiger partial charge in [-0.25, -0.2) is 4.79 Å². The second-order valence-electron chi connectivity index (χ2n) is 9.30. The Morgan fingerprint density at radius 3 is 2.27 bits per heavy atom. The third-order valence-corrected chi connectivity index (χ3v) is 7.37. The van der Waals surface area contributed by atoms with Crippen LogP contribution in [0, 0.1) is 11.8 Å². The summed E-state index contributed by atoms with van der Waals surface area (Å²) >= 11 is 6.02. The highest BCUT2D eigenvalue weighted by atomic mass is 35.5. The number of hydrogen-bond acceptors (Lipinski definition) is 5. The molecule has 0 unspecified atom stereocenters. The minimum atomic E-state index is -0.695. The van der Waals surface area contributed by atoms with E-state index in [-0.39, 0.29) is 35.1 Å². The summed E-state index contributed by atoms with van der Waals surface area (Å²) in [7, 11) is 0. The fourth-order valence-electron chi connectivity index (χ4n) is 5.17. The number of halogens is 1. The summed E-state index contributed by atoms with van der Waals surface area (Å²) in [5.74, 6) is -2.00. The molecule has 8 heteroatoms. The molecule has 1 saturated carbocycles. The molecule has 3 aromatic rings. The van der Waals surface area contributed by atoms with Crippen LogP contribution in [0.15, 0.2) is 78.9 Å². The minimum Gasteiger partial charge on any atom is -0.452 e. The first-order valence-electron chi connectivity index (χ1n) is 12.2. The molecule has 1 saturated heterocycles. The van der Waals surface area contributed by atoms with Gasteiger partial charge in [0.15, 0.2) is 6.61 Å². The van der Waals surface area contributed by atoms with E-state index in [4.69, 9.17) is 16.3 Å². The summed E-state index contributed by atoms with van der Waals surface area (Å²) in [5, 5.41) is 2.96. The summed E-state index contributed by atoms with van der Waals surface area (Å²) < 4.78 is 5.10. The average Bonchev–Trinajstić information content (AvgIpc) is 3.18. The van der Waals surface area contributed by atoms with Crippen LogP contribution in [0.2, 0.25) is 5.02 Å². The van der Waals surface area contributed by atoms with Crippen molar-refractivity contribution in [2.45, 2.75) is 25.2 Å². The first-order chi connectivity index (χ1) is 17.9. The zero-order valence-electron chi connectivity index (χ0n) is 19.9. The summed E-state index contributed by atoms with van der Waals surface area (Å²) in [6.45, 7) is -0.485. The number of esters is 1. The molecule has 37 heavy (non-hydrogen) atoms. The summed E-state index contributed by atoms with van der Waals surface area (Å²) in [6.07, 6.45) is 2.19. The molecule has 1 N–H and O–H groups in total. The topological polar surface area (TPSA) is 92.8 Å². The quantitative estimate of drug-likeness (QED) is 0.358. The standard InChI is InChI=1S/C29H25ClN2O5/c30-24-8-4-5-9-25(24)31-26(33)17-37-29(36)19-10-13-21(14-11-19)32-27(34)22-15-12-20(16-23(22)28(32)35)18-6-2-1-3-7-18/h1-11,13-14,20,22-23H,12,15-17H2,(H,31,33)/t20-,22-,23-/m1/s1. The third kappa shape index (κ3) is 5.13. The van der Waals surface area contributed by atoms with Gasteiger partial charge in [0.2, 0.25) is 11.8 Å². The fraction of sp³-hybridized carbons (Fsp3) is 0.241. The highest BCUT2D eigenvalue weighted by Gasteiger charge is 2.50. The van der Waals surface area contributed by atoms with Crippen LogP contribution in [0.5, 0.6) is 0 Å². The monoisotopic (exact) mass is 516 g/mol. The molecular weight excluding hydrogens is 492 g/mol. The van der Waals surface area contributed by atoms with Crippen LogP contribution in [0.4, 0.5) is 11.4 Å². The molecule has 1 heterocycles. The van der Waals surface area contributed by atoms with Gasteiger partial charge in [0.1, 0.15) is 0 Å². The molecule has 3 atom stereocenters. The number of nitrogens with zero attached hydrogens (tertiary/aromatic N) is 1. The number of ether oxygens (including phenoxy) is 1. The van der Waals surface area contributed by atoms with E-state index in [0.717, 1.165) is 6.42 Å². The van der Waals surface area contributed by atoms with Crippen LogP contribution in [0.1, 0.15) is 41.1 Å². The number of carbonyl (C=O) groups excluding carboxylic acids is 4. The molecule has 0 spiro atoms. The van der Waals surface area contributed by atoms with Crippen molar-refractivity contribution >= 4 is 46.7 Å². The molecule has 2 fully saturated rings. The fourth-order valence-corrected chi connectivity index (χ4v) is 5.35. The number of rotatable bonds is 6. The first-order valence-corrected chi connectivity index (χ1v) is 12.5. The van der Waals surface area contributed by atoms with E-state index in [1.807, 2.05) is 18.2 Å². The lowest BCUT2D eigenvalue weighted by molar-refractivity contribution is -0.122. The molecule has 1 aliphatic heterocycles. The third-order valence-electron chi connectivity index (χ3n) is 7.04. The van der Waals surface area contributed by atoms with Crippen LogP contribution in [0.25, 0.3) is 0 Å². The summed E-state index contributed by atoms with van der Waals surface area (Å²) in [5.41, 5.74) is 2.25. The molecule has 188 valence electrons. The van der Waals surface area contributed by atoms with E-state index in [0.29, 0.717) is 29.2 Å².